The number of anilines is 2. The first kappa shape index (κ1) is 21.0. The Morgan fingerprint density at radius 3 is 2.75 bits per heavy atom. The fourth-order valence-corrected chi connectivity index (χ4v) is 4.78. The van der Waals surface area contributed by atoms with Crippen molar-refractivity contribution < 1.29 is 14.3 Å². The van der Waals surface area contributed by atoms with Crippen LogP contribution in [0.4, 0.5) is 11.6 Å². The van der Waals surface area contributed by atoms with Crippen LogP contribution >= 0.6 is 23.4 Å². The molecule has 2 aliphatic heterocycles. The Kier molecular flexibility index (Phi) is 5.84. The largest absolute Gasteiger partial charge is 0.454 e. The molecule has 0 saturated carbocycles. The number of hydrogen-bond donors (Lipinski definition) is 1. The molecule has 0 radical (unpaired) electrons. The molecule has 32 heavy (non-hydrogen) atoms. The lowest BCUT2D eigenvalue weighted by Gasteiger charge is -2.19. The predicted octanol–water partition coefficient (Wildman–Crippen LogP) is 4.37. The summed E-state index contributed by atoms with van der Waals surface area (Å²) in [6.45, 7) is 3.91. The van der Waals surface area contributed by atoms with Gasteiger partial charge in [0.05, 0.1) is 10.9 Å². The number of carbonyl (C=O) groups is 1. The van der Waals surface area contributed by atoms with Crippen molar-refractivity contribution in [2.75, 3.05) is 30.1 Å². The summed E-state index contributed by atoms with van der Waals surface area (Å²) in [6, 6.07) is 12.9. The van der Waals surface area contributed by atoms with Crippen molar-refractivity contribution in [3.63, 3.8) is 0 Å². The van der Waals surface area contributed by atoms with Crippen LogP contribution in [0.1, 0.15) is 19.8 Å². The molecule has 0 bridgehead atoms. The number of amides is 1. The zero-order valence-electron chi connectivity index (χ0n) is 17.5. The summed E-state index contributed by atoms with van der Waals surface area (Å²) in [5.74, 6) is 1.93. The molecule has 1 fully saturated rings. The Balaban J connectivity index is 1.37. The molecular weight excluding hydrogens is 450 g/mol. The highest BCUT2D eigenvalue weighted by atomic mass is 35.5. The van der Waals surface area contributed by atoms with E-state index in [2.05, 4.69) is 20.4 Å². The third-order valence-electron chi connectivity index (χ3n) is 5.36. The van der Waals surface area contributed by atoms with Gasteiger partial charge in [0.15, 0.2) is 16.7 Å². The molecule has 2 aliphatic rings. The zero-order valence-corrected chi connectivity index (χ0v) is 19.0. The third kappa shape index (κ3) is 4.22. The lowest BCUT2D eigenvalue weighted by Crippen LogP contribution is -2.24. The molecule has 1 saturated heterocycles. The second-order valence-corrected chi connectivity index (χ2v) is 9.35. The lowest BCUT2D eigenvalue weighted by molar-refractivity contribution is -0.115. The second kappa shape index (κ2) is 8.91. The Morgan fingerprint density at radius 1 is 1.12 bits per heavy atom. The van der Waals surface area contributed by atoms with E-state index in [-0.39, 0.29) is 12.7 Å². The van der Waals surface area contributed by atoms with Crippen LogP contribution in [0, 0.1) is 0 Å². The third-order valence-corrected chi connectivity index (χ3v) is 6.64. The van der Waals surface area contributed by atoms with Gasteiger partial charge in [-0.3, -0.25) is 9.36 Å². The summed E-state index contributed by atoms with van der Waals surface area (Å²) < 4.78 is 12.7. The normalized spacial score (nSPS) is 15.8. The van der Waals surface area contributed by atoms with Gasteiger partial charge in [-0.2, -0.15) is 0 Å². The minimum atomic E-state index is -0.408. The van der Waals surface area contributed by atoms with Gasteiger partial charge in [-0.1, -0.05) is 29.4 Å². The summed E-state index contributed by atoms with van der Waals surface area (Å²) in [7, 11) is 0. The number of rotatable bonds is 6. The molecule has 1 amide bonds. The number of aromatic nitrogens is 3. The van der Waals surface area contributed by atoms with Gasteiger partial charge in [0.2, 0.25) is 18.6 Å². The topological polar surface area (TPSA) is 81.5 Å². The molecule has 3 aromatic rings. The number of ether oxygens (including phenoxy) is 2. The molecule has 166 valence electrons. The van der Waals surface area contributed by atoms with Crippen LogP contribution in [-0.2, 0) is 4.79 Å². The average molecular weight is 472 g/mol. The number of fused-ring (bicyclic) bond motifs is 1. The van der Waals surface area contributed by atoms with Crippen LogP contribution < -0.4 is 19.7 Å². The predicted molar refractivity (Wildman–Crippen MR) is 124 cm³/mol. The Labute approximate surface area is 194 Å². The highest BCUT2D eigenvalue weighted by Gasteiger charge is 2.25. The van der Waals surface area contributed by atoms with E-state index in [1.54, 1.807) is 18.2 Å². The molecule has 1 atom stereocenters. The molecule has 3 heterocycles. The molecule has 0 unspecified atom stereocenters. The van der Waals surface area contributed by atoms with Crippen LogP contribution in [-0.4, -0.2) is 45.8 Å². The molecule has 8 nitrogen and oxygen atoms in total. The molecule has 0 spiro atoms. The van der Waals surface area contributed by atoms with E-state index in [0.29, 0.717) is 27.4 Å². The molecule has 1 N–H and O–H groups in total. The highest BCUT2D eigenvalue weighted by molar-refractivity contribution is 8.00. The van der Waals surface area contributed by atoms with Crippen molar-refractivity contribution in [1.29, 1.82) is 0 Å². The molecular formula is C22H22ClN5O3S. The summed E-state index contributed by atoms with van der Waals surface area (Å²) in [6.07, 6.45) is 2.25. The first-order valence-electron chi connectivity index (χ1n) is 10.4. The van der Waals surface area contributed by atoms with Crippen molar-refractivity contribution in [1.82, 2.24) is 14.8 Å². The van der Waals surface area contributed by atoms with Gasteiger partial charge in [-0.15, -0.1) is 10.2 Å². The number of hydrogen-bond acceptors (Lipinski definition) is 7. The number of thioether (sulfide) groups is 1. The van der Waals surface area contributed by atoms with E-state index in [4.69, 9.17) is 21.1 Å². The summed E-state index contributed by atoms with van der Waals surface area (Å²) in [4.78, 5) is 15.1. The maximum absolute atomic E-state index is 12.9. The standard InChI is InChI=1S/C22H22ClN5O3S/c1-14(20(29)24-16-7-8-18-19(12-16)31-13-30-18)32-22-26-25-21(27-9-2-3-10-27)28(22)17-6-4-5-15(23)11-17/h4-8,11-12,14H,2-3,9-10,13H2,1H3,(H,24,29)/t14-/m0/s1. The maximum Gasteiger partial charge on any atom is 0.237 e. The van der Waals surface area contributed by atoms with Crippen LogP contribution in [0.25, 0.3) is 5.69 Å². The number of nitrogens with zero attached hydrogens (tertiary/aromatic N) is 4. The minimum absolute atomic E-state index is 0.141. The fraction of sp³-hybridized carbons (Fsp3) is 0.318. The van der Waals surface area contributed by atoms with Crippen LogP contribution in [0.15, 0.2) is 47.6 Å². The smallest absolute Gasteiger partial charge is 0.237 e. The highest BCUT2D eigenvalue weighted by Crippen LogP contribution is 2.35. The zero-order chi connectivity index (χ0) is 22.1. The van der Waals surface area contributed by atoms with E-state index < -0.39 is 5.25 Å². The van der Waals surface area contributed by atoms with Crippen molar-refractivity contribution in [3.05, 3.63) is 47.5 Å². The van der Waals surface area contributed by atoms with Crippen LogP contribution in [0.3, 0.4) is 0 Å². The first-order chi connectivity index (χ1) is 15.6. The first-order valence-corrected chi connectivity index (χ1v) is 11.7. The van der Waals surface area contributed by atoms with Crippen molar-refractivity contribution in [3.8, 4) is 17.2 Å². The minimum Gasteiger partial charge on any atom is -0.454 e. The molecule has 5 rings (SSSR count). The summed E-state index contributed by atoms with van der Waals surface area (Å²) in [5, 5.41) is 12.7. The van der Waals surface area contributed by atoms with E-state index in [1.807, 2.05) is 35.8 Å². The van der Waals surface area contributed by atoms with Crippen LogP contribution in [0.5, 0.6) is 11.5 Å². The SMILES string of the molecule is C[C@H](Sc1nnc(N2CCCC2)n1-c1cccc(Cl)c1)C(=O)Nc1ccc2c(c1)OCO2. The lowest BCUT2D eigenvalue weighted by atomic mass is 10.2. The van der Waals surface area contributed by atoms with E-state index in [0.717, 1.165) is 37.6 Å². The van der Waals surface area contributed by atoms with Crippen molar-refractivity contribution >= 4 is 40.9 Å². The van der Waals surface area contributed by atoms with Gasteiger partial charge in [0.1, 0.15) is 0 Å². The summed E-state index contributed by atoms with van der Waals surface area (Å²) in [5.41, 5.74) is 1.52. The Hall–Kier alpha value is -2.91. The quantitative estimate of drug-likeness (QED) is 0.534. The fourth-order valence-electron chi connectivity index (χ4n) is 3.73. The molecule has 2 aromatic carbocycles. The van der Waals surface area contributed by atoms with E-state index in [1.165, 1.54) is 11.8 Å². The molecule has 1 aromatic heterocycles. The number of halogens is 1. The van der Waals surface area contributed by atoms with Crippen molar-refractivity contribution in [2.45, 2.75) is 30.2 Å². The Morgan fingerprint density at radius 2 is 1.94 bits per heavy atom. The van der Waals surface area contributed by atoms with Gasteiger partial charge in [0.25, 0.3) is 0 Å². The van der Waals surface area contributed by atoms with Gasteiger partial charge in [-0.25, -0.2) is 0 Å². The Bertz CT molecular complexity index is 1150. The average Bonchev–Trinajstić information content (AvgIpc) is 3.53. The van der Waals surface area contributed by atoms with Crippen molar-refractivity contribution in [2.24, 2.45) is 0 Å². The summed E-state index contributed by atoms with van der Waals surface area (Å²) >= 11 is 7.61. The molecule has 10 heteroatoms. The van der Waals surface area contributed by atoms with Gasteiger partial charge in [0, 0.05) is 29.9 Å². The van der Waals surface area contributed by atoms with E-state index in [9.17, 15) is 4.79 Å². The van der Waals surface area contributed by atoms with E-state index >= 15 is 0 Å². The van der Waals surface area contributed by atoms with Gasteiger partial charge in [-0.05, 0) is 50.1 Å². The second-order valence-electron chi connectivity index (χ2n) is 7.61. The van der Waals surface area contributed by atoms with Gasteiger partial charge >= 0.3 is 0 Å². The number of nitrogens with one attached hydrogen (secondary N) is 1. The monoisotopic (exact) mass is 471 g/mol. The van der Waals surface area contributed by atoms with Gasteiger partial charge < -0.3 is 19.7 Å². The number of benzene rings is 2. The molecule has 0 aliphatic carbocycles. The number of carbonyl (C=O) groups excluding carboxylic acids is 1. The van der Waals surface area contributed by atoms with Crippen LogP contribution in [0.2, 0.25) is 5.02 Å². The maximum atomic E-state index is 12.9.